The number of rotatable bonds is 9. The molecule has 230 valence electrons. The zero-order valence-corrected chi connectivity index (χ0v) is 27.3. The van der Waals surface area contributed by atoms with Crippen LogP contribution in [0.5, 0.6) is 11.5 Å². The molecular formula is C41H40N4O. The Morgan fingerprint density at radius 3 is 2.37 bits per heavy atom. The van der Waals surface area contributed by atoms with Gasteiger partial charge in [-0.2, -0.15) is 5.10 Å². The van der Waals surface area contributed by atoms with Gasteiger partial charge in [0, 0.05) is 40.9 Å². The predicted molar refractivity (Wildman–Crippen MR) is 190 cm³/mol. The lowest BCUT2D eigenvalue weighted by Gasteiger charge is -2.13. The molecule has 0 aliphatic rings. The smallest absolute Gasteiger partial charge is 0.137 e. The Labute approximate surface area is 271 Å². The molecule has 0 radical (unpaired) electrons. The molecular weight excluding hydrogens is 564 g/mol. The van der Waals surface area contributed by atoms with Crippen LogP contribution in [-0.4, -0.2) is 19.3 Å². The second-order valence-electron chi connectivity index (χ2n) is 12.8. The van der Waals surface area contributed by atoms with Crippen LogP contribution in [0.15, 0.2) is 110 Å². The van der Waals surface area contributed by atoms with Crippen molar-refractivity contribution in [3.8, 4) is 34.1 Å². The number of pyridine rings is 1. The van der Waals surface area contributed by atoms with Crippen molar-refractivity contribution in [2.24, 2.45) is 5.92 Å². The molecule has 7 rings (SSSR count). The van der Waals surface area contributed by atoms with E-state index in [1.807, 2.05) is 17.1 Å². The van der Waals surface area contributed by atoms with E-state index in [1.54, 1.807) is 0 Å². The lowest BCUT2D eigenvalue weighted by atomic mass is 9.98. The summed E-state index contributed by atoms with van der Waals surface area (Å²) < 4.78 is 10.9. The molecule has 0 atom stereocenters. The molecule has 0 bridgehead atoms. The largest absolute Gasteiger partial charge is 0.457 e. The van der Waals surface area contributed by atoms with E-state index in [-0.39, 0.29) is 0 Å². The molecule has 0 saturated heterocycles. The number of hydrogen-bond acceptors (Lipinski definition) is 3. The molecule has 3 heterocycles. The summed E-state index contributed by atoms with van der Waals surface area (Å²) in [5.74, 6) is 3.07. The van der Waals surface area contributed by atoms with Crippen LogP contribution in [0, 0.1) is 19.8 Å². The van der Waals surface area contributed by atoms with Crippen LogP contribution in [-0.2, 0) is 12.8 Å². The van der Waals surface area contributed by atoms with Crippen molar-refractivity contribution in [2.45, 2.75) is 53.9 Å². The first-order valence-corrected chi connectivity index (χ1v) is 16.3. The van der Waals surface area contributed by atoms with Crippen LogP contribution in [0.4, 0.5) is 0 Å². The van der Waals surface area contributed by atoms with E-state index in [9.17, 15) is 0 Å². The standard InChI is InChI=1S/C41H40N4O/c1-6-10-30-20-33(44-26-32(25-43-44)41-28(4)11-9-12-29(41)5)23-35(21-30)46-34-15-16-37-36-13-7-8-14-38(36)45(39(37)24-34)40-22-31(17-18-42-40)19-27(2)3/h7-9,11-18,20-27H,6,10,19H2,1-5H3. The number of fused-ring (bicyclic) bond motifs is 3. The summed E-state index contributed by atoms with van der Waals surface area (Å²) in [7, 11) is 0. The molecule has 0 unspecified atom stereocenters. The number of aromatic nitrogens is 4. The van der Waals surface area contributed by atoms with Gasteiger partial charge in [0.15, 0.2) is 0 Å². The fraction of sp³-hybridized carbons (Fsp3) is 0.220. The Morgan fingerprint density at radius 1 is 0.761 bits per heavy atom. The van der Waals surface area contributed by atoms with Gasteiger partial charge in [0.05, 0.1) is 22.9 Å². The second-order valence-corrected chi connectivity index (χ2v) is 12.8. The monoisotopic (exact) mass is 604 g/mol. The molecule has 5 nitrogen and oxygen atoms in total. The van der Waals surface area contributed by atoms with Crippen molar-refractivity contribution in [2.75, 3.05) is 0 Å². The molecule has 0 amide bonds. The molecule has 0 aliphatic heterocycles. The molecule has 0 saturated carbocycles. The third-order valence-electron chi connectivity index (χ3n) is 8.67. The molecule has 46 heavy (non-hydrogen) atoms. The topological polar surface area (TPSA) is 44.9 Å². The number of para-hydroxylation sites is 1. The Kier molecular flexibility index (Phi) is 7.91. The van der Waals surface area contributed by atoms with E-state index in [0.717, 1.165) is 58.9 Å². The van der Waals surface area contributed by atoms with Crippen LogP contribution in [0.3, 0.4) is 0 Å². The first-order chi connectivity index (χ1) is 22.4. The van der Waals surface area contributed by atoms with Gasteiger partial charge in [0.25, 0.3) is 0 Å². The van der Waals surface area contributed by atoms with Crippen LogP contribution in [0.2, 0.25) is 0 Å². The lowest BCUT2D eigenvalue weighted by Crippen LogP contribution is -2.01. The number of aryl methyl sites for hydroxylation is 3. The number of ether oxygens (including phenoxy) is 1. The van der Waals surface area contributed by atoms with Crippen LogP contribution >= 0.6 is 0 Å². The molecule has 7 aromatic rings. The molecule has 0 N–H and O–H groups in total. The molecule has 0 fully saturated rings. The predicted octanol–water partition coefficient (Wildman–Crippen LogP) is 10.6. The second kappa shape index (κ2) is 12.3. The van der Waals surface area contributed by atoms with Gasteiger partial charge in [-0.05, 0) is 103 Å². The van der Waals surface area contributed by atoms with Gasteiger partial charge in [0.1, 0.15) is 17.3 Å². The maximum Gasteiger partial charge on any atom is 0.137 e. The highest BCUT2D eigenvalue weighted by Gasteiger charge is 2.16. The fourth-order valence-electron chi connectivity index (χ4n) is 6.71. The minimum Gasteiger partial charge on any atom is -0.457 e. The van der Waals surface area contributed by atoms with Crippen molar-refractivity contribution in [1.29, 1.82) is 0 Å². The molecule has 0 aliphatic carbocycles. The van der Waals surface area contributed by atoms with Gasteiger partial charge in [-0.25, -0.2) is 9.67 Å². The van der Waals surface area contributed by atoms with Gasteiger partial charge >= 0.3 is 0 Å². The van der Waals surface area contributed by atoms with Gasteiger partial charge in [-0.15, -0.1) is 0 Å². The number of hydrogen-bond donors (Lipinski definition) is 0. The maximum atomic E-state index is 6.65. The van der Waals surface area contributed by atoms with Crippen molar-refractivity contribution in [3.63, 3.8) is 0 Å². The molecule has 5 heteroatoms. The van der Waals surface area contributed by atoms with Gasteiger partial charge in [-0.3, -0.25) is 4.57 Å². The van der Waals surface area contributed by atoms with E-state index in [0.29, 0.717) is 5.92 Å². The van der Waals surface area contributed by atoms with Gasteiger partial charge in [0.2, 0.25) is 0 Å². The molecule has 3 aromatic heterocycles. The maximum absolute atomic E-state index is 6.65. The van der Waals surface area contributed by atoms with Gasteiger partial charge < -0.3 is 4.74 Å². The number of benzene rings is 4. The van der Waals surface area contributed by atoms with E-state index < -0.39 is 0 Å². The first-order valence-electron chi connectivity index (χ1n) is 16.3. The van der Waals surface area contributed by atoms with E-state index in [1.165, 1.54) is 38.6 Å². The Bertz CT molecular complexity index is 2160. The third kappa shape index (κ3) is 5.69. The van der Waals surface area contributed by atoms with Crippen LogP contribution in [0.1, 0.15) is 49.4 Å². The molecule has 0 spiro atoms. The Hall–Kier alpha value is -5.16. The van der Waals surface area contributed by atoms with E-state index >= 15 is 0 Å². The molecule has 4 aromatic carbocycles. The van der Waals surface area contributed by atoms with Crippen molar-refractivity contribution in [1.82, 2.24) is 19.3 Å². The third-order valence-corrected chi connectivity index (χ3v) is 8.67. The first kappa shape index (κ1) is 29.5. The van der Waals surface area contributed by atoms with Crippen LogP contribution < -0.4 is 4.74 Å². The average Bonchev–Trinajstić information content (AvgIpc) is 3.64. The highest BCUT2D eigenvalue weighted by Crippen LogP contribution is 2.36. The summed E-state index contributed by atoms with van der Waals surface area (Å²) in [6, 6.07) is 32.1. The Balaban J connectivity index is 1.29. The zero-order chi connectivity index (χ0) is 31.8. The lowest BCUT2D eigenvalue weighted by molar-refractivity contribution is 0.482. The summed E-state index contributed by atoms with van der Waals surface area (Å²) in [6.07, 6.45) is 9.02. The number of nitrogens with zero attached hydrogens (tertiary/aromatic N) is 4. The zero-order valence-electron chi connectivity index (χ0n) is 27.3. The van der Waals surface area contributed by atoms with E-state index in [4.69, 9.17) is 14.8 Å². The minimum absolute atomic E-state index is 0.571. The van der Waals surface area contributed by atoms with Gasteiger partial charge in [-0.1, -0.05) is 63.6 Å². The highest BCUT2D eigenvalue weighted by molar-refractivity contribution is 6.09. The summed E-state index contributed by atoms with van der Waals surface area (Å²) in [6.45, 7) is 11.0. The summed E-state index contributed by atoms with van der Waals surface area (Å²) >= 11 is 0. The normalized spacial score (nSPS) is 11.6. The van der Waals surface area contributed by atoms with E-state index in [2.05, 4.69) is 136 Å². The van der Waals surface area contributed by atoms with Crippen molar-refractivity contribution < 1.29 is 4.74 Å². The minimum atomic E-state index is 0.571. The quantitative estimate of drug-likeness (QED) is 0.165. The summed E-state index contributed by atoms with van der Waals surface area (Å²) in [5.41, 5.74) is 10.6. The van der Waals surface area contributed by atoms with Crippen molar-refractivity contribution >= 4 is 21.8 Å². The fourth-order valence-corrected chi connectivity index (χ4v) is 6.71. The summed E-state index contributed by atoms with van der Waals surface area (Å²) in [4.78, 5) is 4.83. The Morgan fingerprint density at radius 2 is 1.57 bits per heavy atom. The summed E-state index contributed by atoms with van der Waals surface area (Å²) in [5, 5.41) is 7.16. The average molecular weight is 605 g/mol. The SMILES string of the molecule is CCCc1cc(Oc2ccc3c4ccccc4n(-c4cc(CC(C)C)ccn4)c3c2)cc(-n2cc(-c3c(C)cccc3C)cn2)c1. The van der Waals surface area contributed by atoms with Crippen LogP contribution in [0.25, 0.3) is 44.4 Å². The van der Waals surface area contributed by atoms with Crippen molar-refractivity contribution in [3.05, 3.63) is 132 Å². The highest BCUT2D eigenvalue weighted by atomic mass is 16.5.